The molecule has 0 radical (unpaired) electrons. The van der Waals surface area contributed by atoms with Crippen molar-refractivity contribution in [2.24, 2.45) is 14.1 Å². The van der Waals surface area contributed by atoms with Crippen LogP contribution in [0.25, 0.3) is 22.3 Å². The second kappa shape index (κ2) is 7.64. The third kappa shape index (κ3) is 3.42. The summed E-state index contributed by atoms with van der Waals surface area (Å²) >= 11 is 6.16. The van der Waals surface area contributed by atoms with Crippen molar-refractivity contribution in [2.75, 3.05) is 5.32 Å². The zero-order valence-electron chi connectivity index (χ0n) is 16.3. The van der Waals surface area contributed by atoms with Crippen molar-refractivity contribution < 1.29 is 4.79 Å². The quantitative estimate of drug-likeness (QED) is 0.510. The van der Waals surface area contributed by atoms with Crippen LogP contribution in [0.1, 0.15) is 0 Å². The van der Waals surface area contributed by atoms with Crippen molar-refractivity contribution in [2.45, 2.75) is 6.54 Å². The first kappa shape index (κ1) is 19.7. The molecular formula is C21H18ClN5O3. The number of benzene rings is 2. The molecule has 152 valence electrons. The fourth-order valence-electron chi connectivity index (χ4n) is 3.28. The van der Waals surface area contributed by atoms with Gasteiger partial charge in [0.1, 0.15) is 6.54 Å². The predicted octanol–water partition coefficient (Wildman–Crippen LogP) is 2.39. The van der Waals surface area contributed by atoms with E-state index in [1.807, 2.05) is 42.5 Å². The molecular weight excluding hydrogens is 406 g/mol. The molecule has 0 atom stereocenters. The molecule has 4 aromatic rings. The number of carbonyl (C=O) groups is 1. The highest BCUT2D eigenvalue weighted by Gasteiger charge is 2.19. The van der Waals surface area contributed by atoms with E-state index in [1.165, 1.54) is 23.2 Å². The molecule has 0 unspecified atom stereocenters. The minimum atomic E-state index is -0.562. The summed E-state index contributed by atoms with van der Waals surface area (Å²) in [7, 11) is 2.86. The number of carbonyl (C=O) groups excluding carboxylic acids is 1. The van der Waals surface area contributed by atoms with Gasteiger partial charge in [-0.3, -0.25) is 23.3 Å². The van der Waals surface area contributed by atoms with Crippen LogP contribution in [0, 0.1) is 0 Å². The summed E-state index contributed by atoms with van der Waals surface area (Å²) in [6.07, 6.45) is 0. The van der Waals surface area contributed by atoms with E-state index in [-0.39, 0.29) is 28.9 Å². The van der Waals surface area contributed by atoms with E-state index in [0.29, 0.717) is 5.69 Å². The Morgan fingerprint density at radius 3 is 2.27 bits per heavy atom. The van der Waals surface area contributed by atoms with Gasteiger partial charge in [0.15, 0.2) is 11.2 Å². The number of hydrogen-bond acceptors (Lipinski definition) is 4. The monoisotopic (exact) mass is 423 g/mol. The smallest absolute Gasteiger partial charge is 0.325 e. The van der Waals surface area contributed by atoms with Crippen LogP contribution in [0.3, 0.4) is 0 Å². The van der Waals surface area contributed by atoms with E-state index in [4.69, 9.17) is 11.6 Å². The van der Waals surface area contributed by atoms with Crippen molar-refractivity contribution in [3.05, 3.63) is 80.7 Å². The number of halogens is 1. The molecule has 4 rings (SSSR count). The average Bonchev–Trinajstić information content (AvgIpc) is 3.08. The van der Waals surface area contributed by atoms with E-state index < -0.39 is 11.2 Å². The summed E-state index contributed by atoms with van der Waals surface area (Å²) < 4.78 is 3.47. The minimum absolute atomic E-state index is 0.0436. The SMILES string of the molecule is Cn1c(=O)c2c(nc(Cl)n2CC(=O)Nc2ccc(-c3ccccc3)cc2)n(C)c1=O. The second-order valence-electron chi connectivity index (χ2n) is 6.84. The standard InChI is InChI=1S/C21H18ClN5O3/c1-25-18-17(19(29)26(2)21(25)30)27(20(22)24-18)12-16(28)23-15-10-8-14(9-11-15)13-6-4-3-5-7-13/h3-11H,12H2,1-2H3,(H,23,28). The number of anilines is 1. The lowest BCUT2D eigenvalue weighted by Gasteiger charge is -2.09. The van der Waals surface area contributed by atoms with Crippen LogP contribution in [0.4, 0.5) is 5.69 Å². The lowest BCUT2D eigenvalue weighted by Crippen LogP contribution is -2.37. The molecule has 0 aliphatic rings. The third-order valence-electron chi connectivity index (χ3n) is 4.88. The van der Waals surface area contributed by atoms with Gasteiger partial charge in [0.2, 0.25) is 11.2 Å². The van der Waals surface area contributed by atoms with Gasteiger partial charge in [-0.15, -0.1) is 0 Å². The highest BCUT2D eigenvalue weighted by Crippen LogP contribution is 2.21. The van der Waals surface area contributed by atoms with Crippen molar-refractivity contribution >= 4 is 34.4 Å². The van der Waals surface area contributed by atoms with E-state index in [2.05, 4.69) is 10.3 Å². The molecule has 0 saturated heterocycles. The van der Waals surface area contributed by atoms with Crippen LogP contribution in [-0.4, -0.2) is 24.6 Å². The summed E-state index contributed by atoms with van der Waals surface area (Å²) in [6, 6.07) is 17.3. The molecule has 2 heterocycles. The molecule has 0 aliphatic heterocycles. The number of imidazole rings is 1. The topological polar surface area (TPSA) is 90.9 Å². The van der Waals surface area contributed by atoms with Gasteiger partial charge in [-0.05, 0) is 34.9 Å². The zero-order chi connectivity index (χ0) is 21.4. The van der Waals surface area contributed by atoms with E-state index >= 15 is 0 Å². The lowest BCUT2D eigenvalue weighted by atomic mass is 10.1. The Morgan fingerprint density at radius 2 is 1.60 bits per heavy atom. The molecule has 1 amide bonds. The Labute approximate surface area is 176 Å². The van der Waals surface area contributed by atoms with Crippen molar-refractivity contribution in [1.29, 1.82) is 0 Å². The van der Waals surface area contributed by atoms with Gasteiger partial charge in [-0.25, -0.2) is 4.79 Å². The largest absolute Gasteiger partial charge is 0.332 e. The zero-order valence-corrected chi connectivity index (χ0v) is 17.1. The molecule has 8 nitrogen and oxygen atoms in total. The van der Waals surface area contributed by atoms with Crippen molar-refractivity contribution in [1.82, 2.24) is 18.7 Å². The van der Waals surface area contributed by atoms with Crippen LogP contribution in [-0.2, 0) is 25.4 Å². The van der Waals surface area contributed by atoms with Crippen LogP contribution in [0.5, 0.6) is 0 Å². The highest BCUT2D eigenvalue weighted by atomic mass is 35.5. The number of hydrogen-bond donors (Lipinski definition) is 1. The van der Waals surface area contributed by atoms with E-state index in [9.17, 15) is 14.4 Å². The summed E-state index contributed by atoms with van der Waals surface area (Å²) in [5.74, 6) is -0.375. The Balaban J connectivity index is 1.59. The normalized spacial score (nSPS) is 11.0. The highest BCUT2D eigenvalue weighted by molar-refractivity contribution is 6.29. The Hall–Kier alpha value is -3.65. The first-order chi connectivity index (χ1) is 14.4. The minimum Gasteiger partial charge on any atom is -0.325 e. The maximum absolute atomic E-state index is 12.6. The van der Waals surface area contributed by atoms with Gasteiger partial charge in [0.05, 0.1) is 0 Å². The molecule has 0 bridgehead atoms. The Kier molecular flexibility index (Phi) is 5.01. The maximum Gasteiger partial charge on any atom is 0.332 e. The fourth-order valence-corrected chi connectivity index (χ4v) is 3.51. The second-order valence-corrected chi connectivity index (χ2v) is 7.17. The number of fused-ring (bicyclic) bond motifs is 1. The number of nitrogens with zero attached hydrogens (tertiary/aromatic N) is 4. The van der Waals surface area contributed by atoms with Crippen LogP contribution < -0.4 is 16.6 Å². The van der Waals surface area contributed by atoms with Crippen molar-refractivity contribution in [3.8, 4) is 11.1 Å². The molecule has 2 aromatic carbocycles. The third-order valence-corrected chi connectivity index (χ3v) is 5.17. The first-order valence-corrected chi connectivity index (χ1v) is 9.51. The average molecular weight is 424 g/mol. The molecule has 2 aromatic heterocycles. The first-order valence-electron chi connectivity index (χ1n) is 9.14. The van der Waals surface area contributed by atoms with E-state index in [0.717, 1.165) is 15.7 Å². The predicted molar refractivity (Wildman–Crippen MR) is 116 cm³/mol. The van der Waals surface area contributed by atoms with Crippen molar-refractivity contribution in [3.63, 3.8) is 0 Å². The van der Waals surface area contributed by atoms with Gasteiger partial charge in [-0.1, -0.05) is 42.5 Å². The number of rotatable bonds is 4. The molecule has 1 N–H and O–H groups in total. The van der Waals surface area contributed by atoms with Crippen LogP contribution in [0.15, 0.2) is 64.2 Å². The van der Waals surface area contributed by atoms with E-state index in [1.54, 1.807) is 12.1 Å². The Bertz CT molecular complexity index is 1370. The summed E-state index contributed by atoms with van der Waals surface area (Å²) in [4.78, 5) is 41.3. The Morgan fingerprint density at radius 1 is 0.967 bits per heavy atom. The van der Waals surface area contributed by atoms with Crippen LogP contribution in [0.2, 0.25) is 5.28 Å². The molecule has 0 saturated carbocycles. The maximum atomic E-state index is 12.6. The fraction of sp³-hybridized carbons (Fsp3) is 0.143. The molecule has 0 aliphatic carbocycles. The summed E-state index contributed by atoms with van der Waals surface area (Å²) in [6.45, 7) is -0.219. The van der Waals surface area contributed by atoms with Gasteiger partial charge >= 0.3 is 5.69 Å². The molecule has 9 heteroatoms. The molecule has 30 heavy (non-hydrogen) atoms. The summed E-state index contributed by atoms with van der Waals surface area (Å²) in [5, 5.41) is 2.74. The number of aryl methyl sites for hydroxylation is 1. The molecule has 0 spiro atoms. The number of amides is 1. The summed E-state index contributed by atoms with van der Waals surface area (Å²) in [5.41, 5.74) is 1.87. The molecule has 0 fully saturated rings. The number of aromatic nitrogens is 4. The van der Waals surface area contributed by atoms with Gasteiger partial charge in [0, 0.05) is 19.8 Å². The van der Waals surface area contributed by atoms with Gasteiger partial charge in [-0.2, -0.15) is 4.98 Å². The van der Waals surface area contributed by atoms with Gasteiger partial charge in [0.25, 0.3) is 5.56 Å². The van der Waals surface area contributed by atoms with Crippen LogP contribution >= 0.6 is 11.6 Å². The lowest BCUT2D eigenvalue weighted by molar-refractivity contribution is -0.116. The number of nitrogens with one attached hydrogen (secondary N) is 1. The van der Waals surface area contributed by atoms with Gasteiger partial charge < -0.3 is 5.32 Å².